The minimum Gasteiger partial charge on any atom is -0.493 e. The molecule has 31 heavy (non-hydrogen) atoms. The summed E-state index contributed by atoms with van der Waals surface area (Å²) in [5, 5.41) is 6.38. The first-order valence-corrected chi connectivity index (χ1v) is 10.3. The van der Waals surface area contributed by atoms with Crippen LogP contribution in [0.15, 0.2) is 64.1 Å². The largest absolute Gasteiger partial charge is 0.493 e. The van der Waals surface area contributed by atoms with Crippen molar-refractivity contribution >= 4 is 40.6 Å². The first-order chi connectivity index (χ1) is 15.0. The van der Waals surface area contributed by atoms with Crippen molar-refractivity contribution in [2.45, 2.75) is 0 Å². The van der Waals surface area contributed by atoms with Crippen LogP contribution in [0.25, 0.3) is 11.3 Å². The van der Waals surface area contributed by atoms with E-state index < -0.39 is 11.8 Å². The van der Waals surface area contributed by atoms with Crippen LogP contribution < -0.4 is 20.2 Å². The zero-order valence-electron chi connectivity index (χ0n) is 16.8. The molecule has 0 atom stereocenters. The summed E-state index contributed by atoms with van der Waals surface area (Å²) >= 11 is 2.24. The number of halogens is 1. The van der Waals surface area contributed by atoms with Gasteiger partial charge in [0.15, 0.2) is 11.5 Å². The third kappa shape index (κ3) is 6.07. The van der Waals surface area contributed by atoms with Crippen LogP contribution >= 0.6 is 22.6 Å². The number of rotatable bonds is 8. The Bertz CT molecular complexity index is 1090. The average Bonchev–Trinajstić information content (AvgIpc) is 3.26. The highest BCUT2D eigenvalue weighted by Crippen LogP contribution is 2.27. The van der Waals surface area contributed by atoms with Gasteiger partial charge in [-0.3, -0.25) is 9.59 Å². The van der Waals surface area contributed by atoms with Crippen LogP contribution in [0.1, 0.15) is 16.1 Å². The van der Waals surface area contributed by atoms with E-state index in [-0.39, 0.29) is 6.54 Å². The van der Waals surface area contributed by atoms with E-state index in [9.17, 15) is 9.59 Å². The Morgan fingerprint density at radius 3 is 2.48 bits per heavy atom. The summed E-state index contributed by atoms with van der Waals surface area (Å²) in [6, 6.07) is 16.2. The fraction of sp³-hybridized carbons (Fsp3) is 0.136. The number of amides is 2. The lowest BCUT2D eigenvalue weighted by molar-refractivity contribution is -0.120. The molecule has 0 unspecified atom stereocenters. The lowest BCUT2D eigenvalue weighted by Crippen LogP contribution is -2.34. The van der Waals surface area contributed by atoms with Gasteiger partial charge in [-0.2, -0.15) is 5.10 Å². The Morgan fingerprint density at radius 2 is 1.77 bits per heavy atom. The second-order valence-electron chi connectivity index (χ2n) is 6.25. The highest BCUT2D eigenvalue weighted by molar-refractivity contribution is 14.1. The number of carbonyl (C=O) groups excluding carboxylic acids is 2. The maximum absolute atomic E-state index is 12.2. The number of benzene rings is 2. The number of nitrogens with one attached hydrogen (secondary N) is 2. The van der Waals surface area contributed by atoms with Crippen LogP contribution in [-0.4, -0.2) is 38.8 Å². The highest BCUT2D eigenvalue weighted by Gasteiger charge is 2.12. The van der Waals surface area contributed by atoms with Crippen molar-refractivity contribution in [3.63, 3.8) is 0 Å². The molecule has 2 amide bonds. The topological polar surface area (TPSA) is 102 Å². The molecular weight excluding hydrogens is 513 g/mol. The van der Waals surface area contributed by atoms with Crippen LogP contribution in [-0.2, 0) is 4.79 Å². The molecule has 3 aromatic rings. The molecular formula is C22H20IN3O5. The molecule has 0 bridgehead atoms. The van der Waals surface area contributed by atoms with Crippen molar-refractivity contribution in [1.82, 2.24) is 10.7 Å². The number of methoxy groups -OCH3 is 2. The summed E-state index contributed by atoms with van der Waals surface area (Å²) in [7, 11) is 2.99. The van der Waals surface area contributed by atoms with Crippen molar-refractivity contribution in [3.05, 3.63) is 69.5 Å². The Kier molecular flexibility index (Phi) is 7.65. The lowest BCUT2D eigenvalue weighted by Gasteiger charge is -2.09. The molecule has 0 saturated heterocycles. The van der Waals surface area contributed by atoms with Crippen molar-refractivity contribution in [2.75, 3.05) is 20.8 Å². The van der Waals surface area contributed by atoms with Crippen LogP contribution in [0.3, 0.4) is 0 Å². The van der Waals surface area contributed by atoms with Crippen molar-refractivity contribution in [1.29, 1.82) is 0 Å². The predicted molar refractivity (Wildman–Crippen MR) is 124 cm³/mol. The van der Waals surface area contributed by atoms with Gasteiger partial charge in [-0.25, -0.2) is 5.43 Å². The number of nitrogens with zero attached hydrogens (tertiary/aromatic N) is 1. The number of hydrogen-bond acceptors (Lipinski definition) is 6. The van der Waals surface area contributed by atoms with E-state index in [4.69, 9.17) is 13.9 Å². The molecule has 3 rings (SSSR count). The van der Waals surface area contributed by atoms with Crippen LogP contribution in [0.2, 0.25) is 0 Å². The Labute approximate surface area is 192 Å². The van der Waals surface area contributed by atoms with Gasteiger partial charge in [-0.05, 0) is 65.1 Å². The molecule has 2 aromatic carbocycles. The normalized spacial score (nSPS) is 10.7. The van der Waals surface area contributed by atoms with E-state index in [1.165, 1.54) is 26.5 Å². The molecule has 0 aliphatic heterocycles. The maximum atomic E-state index is 12.2. The van der Waals surface area contributed by atoms with Crippen LogP contribution in [0, 0.1) is 3.57 Å². The standard InChI is InChI=1S/C22H20IN3O5/c1-29-19-9-5-15(11-20(19)30-2)22(28)24-13-21(27)26-25-12-17-8-10-18(31-17)14-3-6-16(23)7-4-14/h3-12H,13H2,1-2H3,(H,24,28)(H,26,27). The van der Waals surface area contributed by atoms with Gasteiger partial charge < -0.3 is 19.2 Å². The molecule has 160 valence electrons. The number of hydrogen-bond donors (Lipinski definition) is 2. The van der Waals surface area contributed by atoms with Gasteiger partial charge in [0.2, 0.25) is 0 Å². The molecule has 0 spiro atoms. The van der Waals surface area contributed by atoms with E-state index in [1.807, 2.05) is 30.3 Å². The molecule has 0 fully saturated rings. The molecule has 8 nitrogen and oxygen atoms in total. The molecule has 0 radical (unpaired) electrons. The van der Waals surface area contributed by atoms with Gasteiger partial charge in [0, 0.05) is 14.7 Å². The summed E-state index contributed by atoms with van der Waals surface area (Å²) in [6.45, 7) is -0.240. The molecule has 0 aliphatic rings. The monoisotopic (exact) mass is 533 g/mol. The van der Waals surface area contributed by atoms with Crippen molar-refractivity contribution in [3.8, 4) is 22.8 Å². The Balaban J connectivity index is 1.49. The maximum Gasteiger partial charge on any atom is 0.259 e. The van der Waals surface area contributed by atoms with Gasteiger partial charge in [0.1, 0.15) is 11.5 Å². The minimum atomic E-state index is -0.477. The third-order valence-corrected chi connectivity index (χ3v) is 4.91. The molecule has 1 aromatic heterocycles. The number of carbonyl (C=O) groups is 2. The second-order valence-corrected chi connectivity index (χ2v) is 7.50. The molecule has 2 N–H and O–H groups in total. The van der Waals surface area contributed by atoms with Crippen molar-refractivity contribution < 1.29 is 23.5 Å². The zero-order valence-corrected chi connectivity index (χ0v) is 19.0. The molecule has 0 saturated carbocycles. The van der Waals surface area contributed by atoms with E-state index in [0.29, 0.717) is 28.6 Å². The quantitative estimate of drug-likeness (QED) is 0.263. The van der Waals surface area contributed by atoms with Crippen LogP contribution in [0.5, 0.6) is 11.5 Å². The smallest absolute Gasteiger partial charge is 0.259 e. The Morgan fingerprint density at radius 1 is 1.03 bits per heavy atom. The number of ether oxygens (including phenoxy) is 2. The van der Waals surface area contributed by atoms with Gasteiger partial charge >= 0.3 is 0 Å². The van der Waals surface area contributed by atoms with Gasteiger partial charge in [0.25, 0.3) is 11.8 Å². The van der Waals surface area contributed by atoms with Gasteiger partial charge in [-0.1, -0.05) is 12.1 Å². The average molecular weight is 533 g/mol. The summed E-state index contributed by atoms with van der Waals surface area (Å²) in [5.41, 5.74) is 3.63. The fourth-order valence-electron chi connectivity index (χ4n) is 2.64. The number of furan rings is 1. The van der Waals surface area contributed by atoms with Gasteiger partial charge in [-0.15, -0.1) is 0 Å². The number of hydrazone groups is 1. The second kappa shape index (κ2) is 10.6. The van der Waals surface area contributed by atoms with Gasteiger partial charge in [0.05, 0.1) is 27.0 Å². The van der Waals surface area contributed by atoms with E-state index in [0.717, 1.165) is 9.13 Å². The summed E-state index contributed by atoms with van der Waals surface area (Å²) in [5.74, 6) is 1.22. The van der Waals surface area contributed by atoms with Crippen molar-refractivity contribution in [2.24, 2.45) is 5.10 Å². The molecule has 9 heteroatoms. The molecule has 0 aliphatic carbocycles. The molecule has 1 heterocycles. The first kappa shape index (κ1) is 22.3. The van der Waals surface area contributed by atoms with Crippen LogP contribution in [0.4, 0.5) is 0 Å². The van der Waals surface area contributed by atoms with E-state index >= 15 is 0 Å². The van der Waals surface area contributed by atoms with E-state index in [1.54, 1.807) is 18.2 Å². The zero-order chi connectivity index (χ0) is 22.2. The first-order valence-electron chi connectivity index (χ1n) is 9.18. The summed E-state index contributed by atoms with van der Waals surface area (Å²) in [4.78, 5) is 24.2. The summed E-state index contributed by atoms with van der Waals surface area (Å²) in [6.07, 6.45) is 1.39. The Hall–Kier alpha value is -3.34. The third-order valence-electron chi connectivity index (χ3n) is 4.19. The SMILES string of the molecule is COc1ccc(C(=O)NCC(=O)NN=Cc2ccc(-c3ccc(I)cc3)o2)cc1OC. The lowest BCUT2D eigenvalue weighted by atomic mass is 10.2. The van der Waals surface area contributed by atoms with E-state index in [2.05, 4.69) is 38.4 Å². The summed E-state index contributed by atoms with van der Waals surface area (Å²) < 4.78 is 17.1. The fourth-order valence-corrected chi connectivity index (χ4v) is 3.00. The predicted octanol–water partition coefficient (Wildman–Crippen LogP) is 3.45. The minimum absolute atomic E-state index is 0.240. The highest BCUT2D eigenvalue weighted by atomic mass is 127.